The lowest BCUT2D eigenvalue weighted by atomic mass is 10.2. The van der Waals surface area contributed by atoms with Crippen LogP contribution in [0.5, 0.6) is 0 Å². The summed E-state index contributed by atoms with van der Waals surface area (Å²) in [5, 5.41) is 15.3. The molecule has 0 bridgehead atoms. The molecule has 0 unspecified atom stereocenters. The van der Waals surface area contributed by atoms with Crippen LogP contribution in [0.25, 0.3) is 21.1 Å². The van der Waals surface area contributed by atoms with Gasteiger partial charge in [-0.2, -0.15) is 5.10 Å². The fraction of sp³-hybridized carbons (Fsp3) is 0.0625. The van der Waals surface area contributed by atoms with Gasteiger partial charge in [-0.25, -0.2) is 9.78 Å². The minimum Gasteiger partial charge on any atom is -0.478 e. The molecule has 0 aliphatic carbocycles. The lowest BCUT2D eigenvalue weighted by Crippen LogP contribution is -1.98. The molecule has 2 aromatic heterocycles. The summed E-state index contributed by atoms with van der Waals surface area (Å²) in [5.74, 6) is -0.930. The molecule has 2 heterocycles. The highest BCUT2D eigenvalue weighted by Crippen LogP contribution is 2.23. The van der Waals surface area contributed by atoms with E-state index in [2.05, 4.69) is 16.1 Å². The van der Waals surface area contributed by atoms with E-state index in [-0.39, 0.29) is 5.56 Å². The lowest BCUT2D eigenvalue weighted by molar-refractivity contribution is 0.0697. The molecule has 0 spiro atoms. The number of para-hydroxylation sites is 1. The number of carbonyl (C=O) groups is 1. The monoisotopic (exact) mass is 309 g/mol. The van der Waals surface area contributed by atoms with Gasteiger partial charge >= 0.3 is 5.97 Å². The molecule has 0 aliphatic rings. The molecule has 0 saturated carbocycles. The maximum Gasteiger partial charge on any atom is 0.335 e. The fourth-order valence-corrected chi connectivity index (χ4v) is 3.38. The smallest absolute Gasteiger partial charge is 0.335 e. The van der Waals surface area contributed by atoms with Crippen LogP contribution in [0.3, 0.4) is 0 Å². The van der Waals surface area contributed by atoms with E-state index in [9.17, 15) is 4.79 Å². The van der Waals surface area contributed by atoms with Gasteiger partial charge in [0.05, 0.1) is 27.8 Å². The summed E-state index contributed by atoms with van der Waals surface area (Å²) in [7, 11) is 0. The Morgan fingerprint density at radius 2 is 2.05 bits per heavy atom. The highest BCUT2D eigenvalue weighted by molar-refractivity contribution is 7.18. The van der Waals surface area contributed by atoms with E-state index in [1.54, 1.807) is 34.2 Å². The second-order valence-corrected chi connectivity index (χ2v) is 6.10. The number of rotatable bonds is 3. The Kier molecular flexibility index (Phi) is 2.90. The minimum absolute atomic E-state index is 0.270. The number of carboxylic acids is 1. The molecular formula is C16H11N3O2S. The number of aromatic nitrogens is 3. The predicted molar refractivity (Wildman–Crippen MR) is 85.4 cm³/mol. The van der Waals surface area contributed by atoms with Gasteiger partial charge in [0.1, 0.15) is 5.01 Å². The molecule has 0 radical (unpaired) electrons. The van der Waals surface area contributed by atoms with Crippen molar-refractivity contribution in [1.29, 1.82) is 0 Å². The Bertz CT molecular complexity index is 970. The third-order valence-electron chi connectivity index (χ3n) is 3.43. The number of hydrogen-bond donors (Lipinski definition) is 1. The van der Waals surface area contributed by atoms with Crippen LogP contribution < -0.4 is 0 Å². The standard InChI is InChI=1S/C16H11N3O2S/c20-16(21)10-5-6-12-11(7-10)8-19(18-12)9-15-17-13-3-1-2-4-14(13)22-15/h1-8H,9H2,(H,20,21). The lowest BCUT2D eigenvalue weighted by Gasteiger charge is -1.95. The van der Waals surface area contributed by atoms with Crippen LogP contribution in [0.15, 0.2) is 48.7 Å². The van der Waals surface area contributed by atoms with Crippen LogP contribution in [0, 0.1) is 0 Å². The second-order valence-electron chi connectivity index (χ2n) is 4.98. The first kappa shape index (κ1) is 13.0. The van der Waals surface area contributed by atoms with E-state index < -0.39 is 5.97 Å². The van der Waals surface area contributed by atoms with Crippen molar-refractivity contribution < 1.29 is 9.90 Å². The molecule has 0 atom stereocenters. The number of thiazole rings is 1. The first-order chi connectivity index (χ1) is 10.7. The summed E-state index contributed by atoms with van der Waals surface area (Å²) in [5.41, 5.74) is 2.05. The van der Waals surface area contributed by atoms with E-state index in [4.69, 9.17) is 5.11 Å². The predicted octanol–water partition coefficient (Wildman–Crippen LogP) is 3.39. The molecule has 22 heavy (non-hydrogen) atoms. The molecule has 108 valence electrons. The number of fused-ring (bicyclic) bond motifs is 2. The summed E-state index contributed by atoms with van der Waals surface area (Å²) in [6.45, 7) is 0.580. The maximum atomic E-state index is 11.0. The van der Waals surface area contributed by atoms with Crippen molar-refractivity contribution in [2.75, 3.05) is 0 Å². The summed E-state index contributed by atoms with van der Waals surface area (Å²) in [4.78, 5) is 15.6. The summed E-state index contributed by atoms with van der Waals surface area (Å²) < 4.78 is 2.95. The van der Waals surface area contributed by atoms with E-state index in [0.717, 1.165) is 26.1 Å². The van der Waals surface area contributed by atoms with E-state index in [1.165, 1.54) is 0 Å². The third kappa shape index (κ3) is 2.23. The summed E-state index contributed by atoms with van der Waals surface area (Å²) in [6.07, 6.45) is 1.86. The van der Waals surface area contributed by atoms with Crippen molar-refractivity contribution in [3.05, 3.63) is 59.2 Å². The third-order valence-corrected chi connectivity index (χ3v) is 4.46. The molecule has 0 saturated heterocycles. The zero-order chi connectivity index (χ0) is 15.1. The Balaban J connectivity index is 1.70. The van der Waals surface area contributed by atoms with Crippen molar-refractivity contribution in [2.24, 2.45) is 0 Å². The van der Waals surface area contributed by atoms with E-state index in [1.807, 2.05) is 24.4 Å². The van der Waals surface area contributed by atoms with Crippen LogP contribution >= 0.6 is 11.3 Å². The molecule has 0 amide bonds. The highest BCUT2D eigenvalue weighted by Gasteiger charge is 2.08. The topological polar surface area (TPSA) is 68.0 Å². The Labute approximate surface area is 129 Å². The molecule has 5 nitrogen and oxygen atoms in total. The molecule has 1 N–H and O–H groups in total. The van der Waals surface area contributed by atoms with Crippen molar-refractivity contribution in [1.82, 2.24) is 14.8 Å². The SMILES string of the molecule is O=C(O)c1ccc2nn(Cc3nc4ccccc4s3)cc2c1. The molecule has 0 fully saturated rings. The van der Waals surface area contributed by atoms with Crippen molar-refractivity contribution in [2.45, 2.75) is 6.54 Å². The Morgan fingerprint density at radius 3 is 2.86 bits per heavy atom. The summed E-state index contributed by atoms with van der Waals surface area (Å²) in [6, 6.07) is 13.0. The minimum atomic E-state index is -0.930. The van der Waals surface area contributed by atoms with Gasteiger partial charge in [0.2, 0.25) is 0 Å². The van der Waals surface area contributed by atoms with Crippen LogP contribution in [0.4, 0.5) is 0 Å². The first-order valence-electron chi connectivity index (χ1n) is 6.74. The molecule has 6 heteroatoms. The summed E-state index contributed by atoms with van der Waals surface area (Å²) >= 11 is 1.64. The van der Waals surface area contributed by atoms with Gasteiger partial charge in [-0.15, -0.1) is 11.3 Å². The normalized spacial score (nSPS) is 11.3. The Hall–Kier alpha value is -2.73. The second kappa shape index (κ2) is 4.92. The van der Waals surface area contributed by atoms with Crippen molar-refractivity contribution >= 4 is 38.4 Å². The van der Waals surface area contributed by atoms with Gasteiger partial charge in [0, 0.05) is 11.6 Å². The van der Waals surface area contributed by atoms with E-state index >= 15 is 0 Å². The Morgan fingerprint density at radius 1 is 1.18 bits per heavy atom. The van der Waals surface area contributed by atoms with Gasteiger partial charge in [-0.05, 0) is 30.3 Å². The number of carboxylic acid groups (broad SMARTS) is 1. The van der Waals surface area contributed by atoms with Gasteiger partial charge in [-0.1, -0.05) is 12.1 Å². The van der Waals surface area contributed by atoms with Crippen LogP contribution in [0.2, 0.25) is 0 Å². The molecule has 2 aromatic carbocycles. The van der Waals surface area contributed by atoms with Crippen molar-refractivity contribution in [3.8, 4) is 0 Å². The zero-order valence-electron chi connectivity index (χ0n) is 11.4. The van der Waals surface area contributed by atoms with Gasteiger partial charge in [-0.3, -0.25) is 4.68 Å². The fourth-order valence-electron chi connectivity index (χ4n) is 2.42. The van der Waals surface area contributed by atoms with E-state index in [0.29, 0.717) is 6.54 Å². The van der Waals surface area contributed by atoms with Crippen molar-refractivity contribution in [3.63, 3.8) is 0 Å². The van der Waals surface area contributed by atoms with Crippen LogP contribution in [-0.4, -0.2) is 25.8 Å². The highest BCUT2D eigenvalue weighted by atomic mass is 32.1. The first-order valence-corrected chi connectivity index (χ1v) is 7.56. The molecule has 4 aromatic rings. The number of nitrogens with zero attached hydrogens (tertiary/aromatic N) is 3. The molecular weight excluding hydrogens is 298 g/mol. The zero-order valence-corrected chi connectivity index (χ0v) is 12.2. The van der Waals surface area contributed by atoms with Crippen LogP contribution in [-0.2, 0) is 6.54 Å². The molecule has 0 aliphatic heterocycles. The average Bonchev–Trinajstić information content (AvgIpc) is 3.08. The molecule has 4 rings (SSSR count). The number of aromatic carboxylic acids is 1. The van der Waals surface area contributed by atoms with Crippen LogP contribution in [0.1, 0.15) is 15.4 Å². The van der Waals surface area contributed by atoms with Gasteiger partial charge < -0.3 is 5.11 Å². The average molecular weight is 309 g/mol. The quantitative estimate of drug-likeness (QED) is 0.630. The largest absolute Gasteiger partial charge is 0.478 e. The van der Waals surface area contributed by atoms with Gasteiger partial charge in [0.25, 0.3) is 0 Å². The number of hydrogen-bond acceptors (Lipinski definition) is 4. The maximum absolute atomic E-state index is 11.0. The van der Waals surface area contributed by atoms with Gasteiger partial charge in [0.15, 0.2) is 0 Å². The number of benzene rings is 2.